The molecule has 1 aromatic heterocycles. The van der Waals surface area contributed by atoms with Crippen LogP contribution >= 0.6 is 34.5 Å². The summed E-state index contributed by atoms with van der Waals surface area (Å²) >= 11 is 12.5. The number of alkyl halides is 1. The minimum absolute atomic E-state index is 0.0449. The molecule has 1 atom stereocenters. The minimum Gasteiger partial charge on any atom is -0.286 e. The van der Waals surface area contributed by atoms with Gasteiger partial charge in [0.05, 0.1) is 0 Å². The van der Waals surface area contributed by atoms with E-state index in [0.29, 0.717) is 28.4 Å². The Bertz CT molecular complexity index is 356. The Balaban J connectivity index is 2.16. The van der Waals surface area contributed by atoms with E-state index < -0.39 is 0 Å². The Morgan fingerprint density at radius 1 is 1.57 bits per heavy atom. The Hall–Kier alpha value is -0.390. The highest BCUT2D eigenvalue weighted by molar-refractivity contribution is 7.19. The second-order valence-corrected chi connectivity index (χ2v) is 4.91. The van der Waals surface area contributed by atoms with Gasteiger partial charge < -0.3 is 0 Å². The summed E-state index contributed by atoms with van der Waals surface area (Å²) in [5.74, 6) is 0.754. The fraction of sp³-hybridized carbons (Fsp3) is 0.571. The number of hydrogen-bond donors (Lipinski definition) is 0. The van der Waals surface area contributed by atoms with Gasteiger partial charge in [0.25, 0.3) is 0 Å². The molecule has 7 heteroatoms. The van der Waals surface area contributed by atoms with Crippen LogP contribution in [0.2, 0.25) is 4.47 Å². The predicted octanol–water partition coefficient (Wildman–Crippen LogP) is 1.78. The molecule has 76 valence electrons. The molecular weight excluding hydrogens is 245 g/mol. The summed E-state index contributed by atoms with van der Waals surface area (Å²) in [6.45, 7) is 0.619. The van der Waals surface area contributed by atoms with Crippen LogP contribution in [0.25, 0.3) is 0 Å². The summed E-state index contributed by atoms with van der Waals surface area (Å²) in [6.07, 6.45) is 0.487. The van der Waals surface area contributed by atoms with Gasteiger partial charge >= 0.3 is 0 Å². The quantitative estimate of drug-likeness (QED) is 0.754. The normalized spacial score (nSPS) is 22.0. The molecule has 0 bridgehead atoms. The van der Waals surface area contributed by atoms with Gasteiger partial charge in [0, 0.05) is 18.8 Å². The van der Waals surface area contributed by atoms with E-state index in [9.17, 15) is 4.79 Å². The van der Waals surface area contributed by atoms with Gasteiger partial charge in [-0.2, -0.15) is 0 Å². The van der Waals surface area contributed by atoms with Gasteiger partial charge in [-0.15, -0.1) is 21.8 Å². The molecule has 1 aliphatic rings. The summed E-state index contributed by atoms with van der Waals surface area (Å²) in [5.41, 5.74) is 0. The van der Waals surface area contributed by atoms with E-state index in [-0.39, 0.29) is 11.8 Å². The summed E-state index contributed by atoms with van der Waals surface area (Å²) < 4.78 is 0.349. The van der Waals surface area contributed by atoms with Gasteiger partial charge in [-0.3, -0.25) is 9.69 Å². The zero-order valence-corrected chi connectivity index (χ0v) is 9.44. The lowest BCUT2D eigenvalue weighted by atomic mass is 10.2. The first kappa shape index (κ1) is 10.1. The Morgan fingerprint density at radius 3 is 2.86 bits per heavy atom. The van der Waals surface area contributed by atoms with Crippen molar-refractivity contribution in [2.45, 2.75) is 6.42 Å². The number of rotatable bonds is 2. The zero-order chi connectivity index (χ0) is 10.1. The molecule has 1 fully saturated rings. The lowest BCUT2D eigenvalue weighted by molar-refractivity contribution is -0.117. The summed E-state index contributed by atoms with van der Waals surface area (Å²) in [6, 6.07) is 0. The molecule has 1 aliphatic heterocycles. The Kier molecular flexibility index (Phi) is 2.90. The highest BCUT2D eigenvalue weighted by Crippen LogP contribution is 2.29. The Labute approximate surface area is 94.8 Å². The van der Waals surface area contributed by atoms with Crippen LogP contribution in [0.15, 0.2) is 0 Å². The largest absolute Gasteiger partial charge is 0.286 e. The monoisotopic (exact) mass is 251 g/mol. The summed E-state index contributed by atoms with van der Waals surface area (Å²) in [7, 11) is 0. The number of amides is 1. The number of halogens is 2. The van der Waals surface area contributed by atoms with E-state index in [1.165, 1.54) is 11.3 Å². The number of hydrogen-bond acceptors (Lipinski definition) is 4. The van der Waals surface area contributed by atoms with E-state index >= 15 is 0 Å². The molecule has 1 unspecified atom stereocenters. The average molecular weight is 252 g/mol. The maximum atomic E-state index is 11.5. The van der Waals surface area contributed by atoms with Gasteiger partial charge in [-0.05, 0) is 17.5 Å². The molecule has 0 saturated carbocycles. The van der Waals surface area contributed by atoms with Crippen molar-refractivity contribution in [3.63, 3.8) is 0 Å². The topological polar surface area (TPSA) is 46.1 Å². The zero-order valence-electron chi connectivity index (χ0n) is 7.11. The van der Waals surface area contributed by atoms with Crippen LogP contribution in [0, 0.1) is 5.92 Å². The van der Waals surface area contributed by atoms with Crippen molar-refractivity contribution >= 4 is 45.6 Å². The summed E-state index contributed by atoms with van der Waals surface area (Å²) in [5, 5.41) is 8.03. The standard InChI is InChI=1S/C7H7Cl2N3OS/c8-2-4-1-5(13)12(3-4)7-11-10-6(9)14-7/h4H,1-3H2. The van der Waals surface area contributed by atoms with Crippen LogP contribution in [0.5, 0.6) is 0 Å². The van der Waals surface area contributed by atoms with Gasteiger partial charge in [-0.1, -0.05) is 11.3 Å². The molecule has 2 heterocycles. The summed E-state index contributed by atoms with van der Waals surface area (Å²) in [4.78, 5) is 13.1. The molecule has 14 heavy (non-hydrogen) atoms. The van der Waals surface area contributed by atoms with Gasteiger partial charge in [-0.25, -0.2) is 0 Å². The number of carbonyl (C=O) groups is 1. The number of aromatic nitrogens is 2. The minimum atomic E-state index is 0.0449. The first-order valence-corrected chi connectivity index (χ1v) is 5.79. The third kappa shape index (κ3) is 1.85. The number of carbonyl (C=O) groups excluding carboxylic acids is 1. The molecule has 1 aromatic rings. The van der Waals surface area contributed by atoms with Crippen molar-refractivity contribution in [2.24, 2.45) is 5.92 Å². The van der Waals surface area contributed by atoms with E-state index in [1.807, 2.05) is 0 Å². The van der Waals surface area contributed by atoms with Crippen molar-refractivity contribution in [3.8, 4) is 0 Å². The molecule has 2 rings (SSSR count). The fourth-order valence-electron chi connectivity index (χ4n) is 1.38. The van der Waals surface area contributed by atoms with E-state index in [0.717, 1.165) is 0 Å². The van der Waals surface area contributed by atoms with Crippen molar-refractivity contribution < 1.29 is 4.79 Å². The molecule has 4 nitrogen and oxygen atoms in total. The van der Waals surface area contributed by atoms with Crippen LogP contribution < -0.4 is 4.90 Å². The predicted molar refractivity (Wildman–Crippen MR) is 56.1 cm³/mol. The van der Waals surface area contributed by atoms with Gasteiger partial charge in [0.15, 0.2) is 0 Å². The van der Waals surface area contributed by atoms with E-state index in [1.54, 1.807) is 4.90 Å². The van der Waals surface area contributed by atoms with Crippen LogP contribution in [0.3, 0.4) is 0 Å². The molecule has 0 aliphatic carbocycles. The highest BCUT2D eigenvalue weighted by Gasteiger charge is 2.31. The van der Waals surface area contributed by atoms with Gasteiger partial charge in [0.1, 0.15) is 0 Å². The lowest BCUT2D eigenvalue weighted by Gasteiger charge is -2.10. The van der Waals surface area contributed by atoms with Crippen molar-refractivity contribution in [1.29, 1.82) is 0 Å². The maximum absolute atomic E-state index is 11.5. The number of anilines is 1. The molecule has 0 radical (unpaired) electrons. The lowest BCUT2D eigenvalue weighted by Crippen LogP contribution is -2.24. The first-order valence-electron chi connectivity index (χ1n) is 4.06. The highest BCUT2D eigenvalue weighted by atomic mass is 35.5. The first-order chi connectivity index (χ1) is 6.70. The molecule has 0 spiro atoms. The second-order valence-electron chi connectivity index (χ2n) is 3.07. The van der Waals surface area contributed by atoms with Crippen molar-refractivity contribution in [2.75, 3.05) is 17.3 Å². The van der Waals surface area contributed by atoms with E-state index in [2.05, 4.69) is 10.2 Å². The van der Waals surface area contributed by atoms with Crippen LogP contribution in [0.1, 0.15) is 6.42 Å². The van der Waals surface area contributed by atoms with Gasteiger partial charge in [0.2, 0.25) is 15.5 Å². The molecule has 1 saturated heterocycles. The third-order valence-corrected chi connectivity index (χ3v) is 3.52. The fourth-order valence-corrected chi connectivity index (χ4v) is 2.43. The third-order valence-electron chi connectivity index (χ3n) is 2.04. The smallest absolute Gasteiger partial charge is 0.229 e. The second kappa shape index (κ2) is 4.00. The van der Waals surface area contributed by atoms with Crippen molar-refractivity contribution in [3.05, 3.63) is 4.47 Å². The Morgan fingerprint density at radius 2 is 2.36 bits per heavy atom. The van der Waals surface area contributed by atoms with Crippen molar-refractivity contribution in [1.82, 2.24) is 10.2 Å². The van der Waals surface area contributed by atoms with Crippen LogP contribution in [0.4, 0.5) is 5.13 Å². The SMILES string of the molecule is O=C1CC(CCl)CN1c1nnc(Cl)s1. The van der Waals surface area contributed by atoms with Crippen LogP contribution in [-0.2, 0) is 4.79 Å². The molecule has 0 N–H and O–H groups in total. The molecular formula is C7H7Cl2N3OS. The molecule has 1 amide bonds. The average Bonchev–Trinajstić information content (AvgIpc) is 2.71. The number of nitrogens with zero attached hydrogens (tertiary/aromatic N) is 3. The maximum Gasteiger partial charge on any atom is 0.229 e. The van der Waals surface area contributed by atoms with E-state index in [4.69, 9.17) is 23.2 Å². The van der Waals surface area contributed by atoms with Crippen LogP contribution in [-0.4, -0.2) is 28.5 Å². The molecule has 0 aromatic carbocycles.